The molecule has 2 heterocycles. The van der Waals surface area contributed by atoms with Gasteiger partial charge < -0.3 is 15.8 Å². The molecule has 9 heteroatoms. The van der Waals surface area contributed by atoms with Crippen molar-refractivity contribution in [1.29, 1.82) is 0 Å². The van der Waals surface area contributed by atoms with E-state index in [1.165, 1.54) is 11.8 Å². The first kappa shape index (κ1) is 19.7. The zero-order chi connectivity index (χ0) is 21.1. The highest BCUT2D eigenvalue weighted by atomic mass is 32.2. The maximum absolute atomic E-state index is 12.4. The van der Waals surface area contributed by atoms with E-state index in [1.54, 1.807) is 10.6 Å². The number of nitrogen functional groups attached to an aromatic ring is 1. The van der Waals surface area contributed by atoms with Crippen LogP contribution in [0, 0.1) is 0 Å². The van der Waals surface area contributed by atoms with Crippen molar-refractivity contribution in [3.8, 4) is 0 Å². The Bertz CT molecular complexity index is 1270. The first-order valence-corrected chi connectivity index (χ1v) is 10.2. The first-order valence-electron chi connectivity index (χ1n) is 9.22. The van der Waals surface area contributed by atoms with Gasteiger partial charge in [0.05, 0.1) is 13.0 Å². The second-order valence-corrected chi connectivity index (χ2v) is 7.71. The zero-order valence-electron chi connectivity index (χ0n) is 15.9. The number of carboxylic acid groups (broad SMARTS) is 1. The lowest BCUT2D eigenvalue weighted by atomic mass is 10.1. The van der Waals surface area contributed by atoms with E-state index in [9.17, 15) is 9.59 Å². The van der Waals surface area contributed by atoms with E-state index in [4.69, 9.17) is 10.8 Å². The molecule has 4 aromatic rings. The Balaban J connectivity index is 1.60. The van der Waals surface area contributed by atoms with E-state index in [0.29, 0.717) is 28.6 Å². The number of fused-ring (bicyclic) bond motifs is 1. The molecule has 0 aliphatic carbocycles. The van der Waals surface area contributed by atoms with Crippen LogP contribution in [0.3, 0.4) is 0 Å². The SMILES string of the molecule is Nc1nc(SCc2cccc(CC(=O)O)c2)nc2c1[nH]c(=O)n2Cc1ccccc1. The number of nitrogens with zero attached hydrogens (tertiary/aromatic N) is 3. The summed E-state index contributed by atoms with van der Waals surface area (Å²) in [6.45, 7) is 0.372. The Morgan fingerprint density at radius 3 is 2.57 bits per heavy atom. The van der Waals surface area contributed by atoms with Gasteiger partial charge in [0.25, 0.3) is 0 Å². The highest BCUT2D eigenvalue weighted by Crippen LogP contribution is 2.24. The van der Waals surface area contributed by atoms with Crippen LogP contribution in [0.4, 0.5) is 5.82 Å². The molecule has 4 rings (SSSR count). The molecule has 8 nitrogen and oxygen atoms in total. The average molecular weight is 421 g/mol. The summed E-state index contributed by atoms with van der Waals surface area (Å²) in [4.78, 5) is 34.9. The highest BCUT2D eigenvalue weighted by molar-refractivity contribution is 7.98. The van der Waals surface area contributed by atoms with E-state index in [0.717, 1.165) is 16.7 Å². The molecule has 0 saturated heterocycles. The van der Waals surface area contributed by atoms with Crippen molar-refractivity contribution in [2.45, 2.75) is 23.9 Å². The highest BCUT2D eigenvalue weighted by Gasteiger charge is 2.14. The number of carboxylic acids is 1. The average Bonchev–Trinajstić information content (AvgIpc) is 3.03. The summed E-state index contributed by atoms with van der Waals surface area (Å²) in [5.74, 6) is -0.109. The predicted molar refractivity (Wildman–Crippen MR) is 115 cm³/mol. The van der Waals surface area contributed by atoms with Crippen LogP contribution in [0.1, 0.15) is 16.7 Å². The minimum absolute atomic E-state index is 0.0248. The number of carbonyl (C=O) groups is 1. The number of aliphatic carboxylic acids is 1. The van der Waals surface area contributed by atoms with Gasteiger partial charge in [-0.15, -0.1) is 0 Å². The summed E-state index contributed by atoms with van der Waals surface area (Å²) in [5, 5.41) is 9.41. The number of hydrogen-bond acceptors (Lipinski definition) is 6. The van der Waals surface area contributed by atoms with Crippen molar-refractivity contribution in [3.05, 3.63) is 81.8 Å². The number of aromatic nitrogens is 4. The van der Waals surface area contributed by atoms with Gasteiger partial charge in [-0.25, -0.2) is 14.8 Å². The van der Waals surface area contributed by atoms with Crippen LogP contribution in [0.2, 0.25) is 0 Å². The third-order valence-corrected chi connectivity index (χ3v) is 5.45. The van der Waals surface area contributed by atoms with Crippen molar-refractivity contribution in [2.75, 3.05) is 5.73 Å². The largest absolute Gasteiger partial charge is 0.481 e. The van der Waals surface area contributed by atoms with Crippen LogP contribution in [-0.2, 0) is 23.5 Å². The molecule has 152 valence electrons. The lowest BCUT2D eigenvalue weighted by Gasteiger charge is -2.06. The van der Waals surface area contributed by atoms with E-state index in [1.807, 2.05) is 48.5 Å². The standard InChI is InChI=1S/C21H19N5O3S/c22-18-17-19(26(21(29)23-17)11-13-5-2-1-3-6-13)25-20(24-18)30-12-15-8-4-7-14(9-15)10-16(27)28/h1-9H,10-12H2,(H,23,29)(H,27,28)(H2,22,24,25). The van der Waals surface area contributed by atoms with Crippen LogP contribution in [0.15, 0.2) is 64.5 Å². The van der Waals surface area contributed by atoms with Crippen LogP contribution >= 0.6 is 11.8 Å². The molecule has 0 radical (unpaired) electrons. The zero-order valence-corrected chi connectivity index (χ0v) is 16.7. The fourth-order valence-electron chi connectivity index (χ4n) is 3.16. The maximum Gasteiger partial charge on any atom is 0.328 e. The number of nitrogens with two attached hydrogens (primary N) is 1. The van der Waals surface area contributed by atoms with E-state index in [2.05, 4.69) is 15.0 Å². The lowest BCUT2D eigenvalue weighted by Crippen LogP contribution is -2.17. The summed E-state index contributed by atoms with van der Waals surface area (Å²) in [5.41, 5.74) is 9.32. The van der Waals surface area contributed by atoms with Gasteiger partial charge in [-0.1, -0.05) is 66.4 Å². The molecule has 0 aliphatic heterocycles. The van der Waals surface area contributed by atoms with Crippen molar-refractivity contribution < 1.29 is 9.90 Å². The Hall–Kier alpha value is -3.59. The van der Waals surface area contributed by atoms with Crippen LogP contribution in [0.25, 0.3) is 11.2 Å². The Morgan fingerprint density at radius 1 is 1.07 bits per heavy atom. The minimum Gasteiger partial charge on any atom is -0.481 e. The van der Waals surface area contributed by atoms with Crippen molar-refractivity contribution in [3.63, 3.8) is 0 Å². The summed E-state index contributed by atoms with van der Waals surface area (Å²) in [7, 11) is 0. The third-order valence-electron chi connectivity index (χ3n) is 4.53. The second-order valence-electron chi connectivity index (χ2n) is 6.77. The number of thioether (sulfide) groups is 1. The van der Waals surface area contributed by atoms with Gasteiger partial charge in [0.2, 0.25) is 0 Å². The fraction of sp³-hybridized carbons (Fsp3) is 0.143. The van der Waals surface area contributed by atoms with Gasteiger partial charge in [-0.3, -0.25) is 9.36 Å². The number of hydrogen-bond donors (Lipinski definition) is 3. The van der Waals surface area contributed by atoms with Gasteiger partial charge in [0, 0.05) is 5.75 Å². The molecule has 2 aromatic carbocycles. The molecule has 30 heavy (non-hydrogen) atoms. The molecule has 4 N–H and O–H groups in total. The summed E-state index contributed by atoms with van der Waals surface area (Å²) in [6, 6.07) is 17.0. The number of rotatable bonds is 7. The molecular formula is C21H19N5O3S. The predicted octanol–water partition coefficient (Wildman–Crippen LogP) is 2.67. The normalized spacial score (nSPS) is 11.1. The van der Waals surface area contributed by atoms with Crippen LogP contribution in [-0.4, -0.2) is 30.6 Å². The molecule has 0 aliphatic rings. The summed E-state index contributed by atoms with van der Waals surface area (Å²) >= 11 is 1.38. The number of nitrogens with one attached hydrogen (secondary N) is 1. The van der Waals surface area contributed by atoms with Gasteiger partial charge in [-0.2, -0.15) is 0 Å². The molecular weight excluding hydrogens is 402 g/mol. The van der Waals surface area contributed by atoms with E-state index in [-0.39, 0.29) is 17.9 Å². The molecule has 0 spiro atoms. The van der Waals surface area contributed by atoms with Crippen LogP contribution in [0.5, 0.6) is 0 Å². The molecule has 0 fully saturated rings. The monoisotopic (exact) mass is 421 g/mol. The first-order chi connectivity index (χ1) is 14.5. The molecule has 2 aromatic heterocycles. The number of H-pyrrole nitrogens is 1. The van der Waals surface area contributed by atoms with E-state index < -0.39 is 5.97 Å². The van der Waals surface area contributed by atoms with Crippen molar-refractivity contribution >= 4 is 34.7 Å². The Morgan fingerprint density at radius 2 is 1.80 bits per heavy atom. The second kappa shape index (κ2) is 8.42. The quantitative estimate of drug-likeness (QED) is 0.309. The summed E-state index contributed by atoms with van der Waals surface area (Å²) in [6.07, 6.45) is -0.0248. The number of benzene rings is 2. The van der Waals surface area contributed by atoms with Gasteiger partial charge >= 0.3 is 11.7 Å². The van der Waals surface area contributed by atoms with Gasteiger partial charge in [0.15, 0.2) is 16.6 Å². The maximum atomic E-state index is 12.4. The molecule has 0 saturated carbocycles. The van der Waals surface area contributed by atoms with Gasteiger partial charge in [-0.05, 0) is 16.7 Å². The molecule has 0 amide bonds. The molecule has 0 atom stereocenters. The fourth-order valence-corrected chi connectivity index (χ4v) is 3.95. The summed E-state index contributed by atoms with van der Waals surface area (Å²) < 4.78 is 1.54. The Labute approximate surface area is 175 Å². The van der Waals surface area contributed by atoms with E-state index >= 15 is 0 Å². The topological polar surface area (TPSA) is 127 Å². The smallest absolute Gasteiger partial charge is 0.328 e. The Kier molecular flexibility index (Phi) is 5.53. The number of imidazole rings is 1. The molecule has 0 bridgehead atoms. The lowest BCUT2D eigenvalue weighted by molar-refractivity contribution is -0.136. The van der Waals surface area contributed by atoms with Crippen molar-refractivity contribution in [2.24, 2.45) is 0 Å². The van der Waals surface area contributed by atoms with Gasteiger partial charge in [0.1, 0.15) is 5.52 Å². The molecule has 0 unspecified atom stereocenters. The number of aromatic amines is 1. The number of anilines is 1. The van der Waals surface area contributed by atoms with Crippen LogP contribution < -0.4 is 11.4 Å². The minimum atomic E-state index is -0.870. The van der Waals surface area contributed by atoms with Crippen molar-refractivity contribution in [1.82, 2.24) is 19.5 Å². The third kappa shape index (κ3) is 4.36.